The van der Waals surface area contributed by atoms with Gasteiger partial charge in [-0.15, -0.1) is 0 Å². The van der Waals surface area contributed by atoms with E-state index in [9.17, 15) is 4.79 Å². The highest BCUT2D eigenvalue weighted by atomic mass is 79.9. The van der Waals surface area contributed by atoms with Gasteiger partial charge in [-0.25, -0.2) is 5.01 Å². The van der Waals surface area contributed by atoms with Crippen molar-refractivity contribution in [1.29, 1.82) is 0 Å². The molecule has 1 aliphatic carbocycles. The van der Waals surface area contributed by atoms with E-state index in [0.29, 0.717) is 13.0 Å². The molecule has 0 spiro atoms. The van der Waals surface area contributed by atoms with Crippen LogP contribution in [0.25, 0.3) is 0 Å². The molecule has 1 atom stereocenters. The van der Waals surface area contributed by atoms with E-state index in [1.165, 1.54) is 0 Å². The summed E-state index contributed by atoms with van der Waals surface area (Å²) in [6.45, 7) is 2.24. The maximum Gasteiger partial charge on any atom is 0.318 e. The molecule has 2 aliphatic rings. The van der Waals surface area contributed by atoms with Crippen molar-refractivity contribution in [2.45, 2.75) is 32.6 Å². The molecule has 0 radical (unpaired) electrons. The van der Waals surface area contributed by atoms with Crippen LogP contribution in [0.15, 0.2) is 75.9 Å². The number of carbonyl (C=O) groups excluding carboxylic acids is 1. The Bertz CT molecular complexity index is 921. The van der Waals surface area contributed by atoms with Crippen molar-refractivity contribution in [3.05, 3.63) is 76.4 Å². The number of halogens is 1. The van der Waals surface area contributed by atoms with Crippen LogP contribution in [0, 0.1) is 5.41 Å². The second-order valence-corrected chi connectivity index (χ2v) is 8.08. The summed E-state index contributed by atoms with van der Waals surface area (Å²) in [4.78, 5) is 13.2. The monoisotopic (exact) mass is 438 g/mol. The molecule has 1 unspecified atom stereocenters. The normalized spacial score (nSPS) is 21.4. The Morgan fingerprint density at radius 2 is 1.93 bits per heavy atom. The van der Waals surface area contributed by atoms with Gasteiger partial charge in [-0.1, -0.05) is 52.3 Å². The van der Waals surface area contributed by atoms with Crippen LogP contribution < -0.4 is 5.01 Å². The lowest BCUT2D eigenvalue weighted by atomic mass is 9.70. The number of benzene rings is 2. The summed E-state index contributed by atoms with van der Waals surface area (Å²) >= 11 is 3.49. The summed E-state index contributed by atoms with van der Waals surface area (Å²) in [7, 11) is 0. The van der Waals surface area contributed by atoms with E-state index in [1.807, 2.05) is 66.5 Å². The number of ether oxygens (including phenoxy) is 1. The molecule has 0 N–H and O–H groups in total. The first-order valence-electron chi connectivity index (χ1n) is 9.70. The molecule has 1 heterocycles. The summed E-state index contributed by atoms with van der Waals surface area (Å²) in [5.41, 5.74) is 3.15. The van der Waals surface area contributed by atoms with Crippen molar-refractivity contribution in [2.24, 2.45) is 10.5 Å². The summed E-state index contributed by atoms with van der Waals surface area (Å²) in [5.74, 6) is -0.147. The molecular weight excluding hydrogens is 416 g/mol. The predicted molar refractivity (Wildman–Crippen MR) is 115 cm³/mol. The Morgan fingerprint density at radius 1 is 1.18 bits per heavy atom. The van der Waals surface area contributed by atoms with Gasteiger partial charge in [0.15, 0.2) is 0 Å². The smallest absolute Gasteiger partial charge is 0.318 e. The number of fused-ring (bicyclic) bond motifs is 1. The molecule has 144 valence electrons. The Balaban J connectivity index is 1.87. The van der Waals surface area contributed by atoms with Gasteiger partial charge in [-0.3, -0.25) is 4.79 Å². The molecule has 4 rings (SSSR count). The van der Waals surface area contributed by atoms with Crippen LogP contribution in [0.4, 0.5) is 5.69 Å². The number of nitrogens with zero attached hydrogens (tertiary/aromatic N) is 2. The molecule has 0 aromatic heterocycles. The second-order valence-electron chi connectivity index (χ2n) is 7.16. The van der Waals surface area contributed by atoms with Gasteiger partial charge in [0.1, 0.15) is 5.41 Å². The molecule has 2 aromatic rings. The molecule has 0 amide bonds. The van der Waals surface area contributed by atoms with Gasteiger partial charge in [-0.2, -0.15) is 5.10 Å². The molecule has 4 nitrogen and oxygen atoms in total. The fraction of sp³-hybridized carbons (Fsp3) is 0.304. The van der Waals surface area contributed by atoms with Crippen LogP contribution in [0.5, 0.6) is 0 Å². The SMILES string of the molecule is CCOC(=O)C12CCCC=C1N(c1ccccc1)N=C(c1ccc(Br)cc1)C2. The van der Waals surface area contributed by atoms with E-state index in [2.05, 4.69) is 22.0 Å². The molecule has 0 saturated carbocycles. The molecule has 0 saturated heterocycles. The Morgan fingerprint density at radius 3 is 2.64 bits per heavy atom. The van der Waals surface area contributed by atoms with Gasteiger partial charge in [0.2, 0.25) is 0 Å². The standard InChI is InChI=1S/C23H23BrN2O2/c1-2-28-22(27)23-15-7-6-10-21(23)26(19-8-4-3-5-9-19)25-20(16-23)17-11-13-18(24)14-12-17/h3-5,8-14H,2,6-7,15-16H2,1H3. The maximum atomic E-state index is 13.2. The zero-order valence-corrected chi connectivity index (χ0v) is 17.5. The minimum atomic E-state index is -0.686. The highest BCUT2D eigenvalue weighted by Gasteiger charge is 2.50. The summed E-state index contributed by atoms with van der Waals surface area (Å²) in [5, 5.41) is 6.92. The second kappa shape index (κ2) is 7.92. The number of carbonyl (C=O) groups is 1. The zero-order chi connectivity index (χ0) is 19.6. The average molecular weight is 439 g/mol. The minimum absolute atomic E-state index is 0.147. The molecular formula is C23H23BrN2O2. The number of hydrazone groups is 1. The largest absolute Gasteiger partial charge is 0.465 e. The van der Waals surface area contributed by atoms with Gasteiger partial charge in [-0.05, 0) is 56.0 Å². The maximum absolute atomic E-state index is 13.2. The number of hydrogen-bond acceptors (Lipinski definition) is 4. The fourth-order valence-corrected chi connectivity index (χ4v) is 4.31. The predicted octanol–water partition coefficient (Wildman–Crippen LogP) is 5.68. The number of hydrogen-bond donors (Lipinski definition) is 0. The first kappa shape index (κ1) is 18.9. The van der Waals surface area contributed by atoms with Crippen LogP contribution in [0.3, 0.4) is 0 Å². The molecule has 1 aliphatic heterocycles. The van der Waals surface area contributed by atoms with Crippen molar-refractivity contribution in [2.75, 3.05) is 11.6 Å². The molecule has 5 heteroatoms. The van der Waals surface area contributed by atoms with Crippen molar-refractivity contribution in [1.82, 2.24) is 0 Å². The molecule has 0 bridgehead atoms. The fourth-order valence-electron chi connectivity index (χ4n) is 4.05. The highest BCUT2D eigenvalue weighted by molar-refractivity contribution is 9.10. The van der Waals surface area contributed by atoms with Crippen molar-refractivity contribution in [3.8, 4) is 0 Å². The van der Waals surface area contributed by atoms with E-state index >= 15 is 0 Å². The number of anilines is 1. The van der Waals surface area contributed by atoms with Gasteiger partial charge in [0, 0.05) is 10.9 Å². The lowest BCUT2D eigenvalue weighted by molar-refractivity contribution is -0.153. The Kier molecular flexibility index (Phi) is 5.36. The lowest BCUT2D eigenvalue weighted by Crippen LogP contribution is -2.47. The molecule has 28 heavy (non-hydrogen) atoms. The third-order valence-corrected chi connectivity index (χ3v) is 5.93. The van der Waals surface area contributed by atoms with Crippen LogP contribution in [-0.2, 0) is 9.53 Å². The first-order chi connectivity index (χ1) is 13.6. The van der Waals surface area contributed by atoms with Crippen molar-refractivity contribution < 1.29 is 9.53 Å². The average Bonchev–Trinajstić information content (AvgIpc) is 2.74. The highest BCUT2D eigenvalue weighted by Crippen LogP contribution is 2.48. The quantitative estimate of drug-likeness (QED) is 0.576. The Hall–Kier alpha value is -2.40. The van der Waals surface area contributed by atoms with Gasteiger partial charge < -0.3 is 4.74 Å². The molecule has 0 fully saturated rings. The Labute approximate surface area is 174 Å². The summed E-state index contributed by atoms with van der Waals surface area (Å²) in [6.07, 6.45) is 5.41. The van der Waals surface area contributed by atoms with Gasteiger partial charge in [0.25, 0.3) is 0 Å². The number of allylic oxidation sites excluding steroid dienone is 1. The molecule has 2 aromatic carbocycles. The van der Waals surface area contributed by atoms with E-state index in [4.69, 9.17) is 9.84 Å². The van der Waals surface area contributed by atoms with Crippen molar-refractivity contribution >= 4 is 33.3 Å². The van der Waals surface area contributed by atoms with Crippen molar-refractivity contribution in [3.63, 3.8) is 0 Å². The first-order valence-corrected chi connectivity index (χ1v) is 10.5. The third-order valence-electron chi connectivity index (χ3n) is 5.40. The van der Waals surface area contributed by atoms with Crippen LogP contribution >= 0.6 is 15.9 Å². The van der Waals surface area contributed by atoms with E-state index in [0.717, 1.165) is 46.4 Å². The summed E-state index contributed by atoms with van der Waals surface area (Å²) < 4.78 is 6.58. The lowest BCUT2D eigenvalue weighted by Gasteiger charge is -2.44. The van der Waals surface area contributed by atoms with Crippen LogP contribution in [0.2, 0.25) is 0 Å². The summed E-state index contributed by atoms with van der Waals surface area (Å²) in [6, 6.07) is 18.1. The van der Waals surface area contributed by atoms with Crippen LogP contribution in [0.1, 0.15) is 38.2 Å². The topological polar surface area (TPSA) is 41.9 Å². The van der Waals surface area contributed by atoms with E-state index in [1.54, 1.807) is 0 Å². The number of esters is 1. The number of para-hydroxylation sites is 1. The zero-order valence-electron chi connectivity index (χ0n) is 15.9. The van der Waals surface area contributed by atoms with Crippen LogP contribution in [-0.4, -0.2) is 18.3 Å². The van der Waals surface area contributed by atoms with E-state index < -0.39 is 5.41 Å². The van der Waals surface area contributed by atoms with Gasteiger partial charge >= 0.3 is 5.97 Å². The third kappa shape index (κ3) is 3.39. The minimum Gasteiger partial charge on any atom is -0.465 e. The van der Waals surface area contributed by atoms with E-state index in [-0.39, 0.29) is 5.97 Å². The number of rotatable bonds is 4. The van der Waals surface area contributed by atoms with Gasteiger partial charge in [0.05, 0.1) is 23.7 Å².